The minimum atomic E-state index is -0.438. The summed E-state index contributed by atoms with van der Waals surface area (Å²) in [5.74, 6) is 0. The molecular weight excluding hydrogens is 195 g/mol. The van der Waals surface area contributed by atoms with Gasteiger partial charge in [-0.3, -0.25) is 4.68 Å². The van der Waals surface area contributed by atoms with Crippen molar-refractivity contribution in [2.75, 3.05) is 13.3 Å². The Labute approximate surface area is 81.4 Å². The first-order valence-electron chi connectivity index (χ1n) is 4.13. The molecule has 0 fully saturated rings. The lowest BCUT2D eigenvalue weighted by molar-refractivity contribution is 0.130. The Morgan fingerprint density at radius 3 is 3.08 bits per heavy atom. The van der Waals surface area contributed by atoms with E-state index in [1.807, 2.05) is 6.92 Å². The largest absolute Gasteiger partial charge is 0.375 e. The molecule has 1 heterocycles. The summed E-state index contributed by atoms with van der Waals surface area (Å²) >= 11 is 5.83. The molecular formula is C8H12ClFN2O. The van der Waals surface area contributed by atoms with Crippen LogP contribution in [0, 0.1) is 0 Å². The van der Waals surface area contributed by atoms with E-state index in [1.165, 1.54) is 4.68 Å². The predicted octanol–water partition coefficient (Wildman–Crippen LogP) is 2.04. The van der Waals surface area contributed by atoms with Crippen LogP contribution in [0.15, 0.2) is 6.20 Å². The van der Waals surface area contributed by atoms with Gasteiger partial charge in [0.2, 0.25) is 0 Å². The van der Waals surface area contributed by atoms with Crippen LogP contribution in [-0.2, 0) is 17.9 Å². The molecule has 5 heteroatoms. The molecule has 0 atom stereocenters. The molecule has 0 unspecified atom stereocenters. The lowest BCUT2D eigenvalue weighted by atomic mass is 10.5. The van der Waals surface area contributed by atoms with Crippen molar-refractivity contribution in [2.24, 2.45) is 0 Å². The first-order valence-corrected chi connectivity index (χ1v) is 4.51. The Morgan fingerprint density at radius 2 is 2.46 bits per heavy atom. The van der Waals surface area contributed by atoms with Crippen LogP contribution in [0.3, 0.4) is 0 Å². The fourth-order valence-corrected chi connectivity index (χ4v) is 1.14. The molecule has 0 N–H and O–H groups in total. The quantitative estimate of drug-likeness (QED) is 0.737. The van der Waals surface area contributed by atoms with E-state index in [4.69, 9.17) is 16.3 Å². The number of halogens is 2. The number of ether oxygens (including phenoxy) is 1. The minimum absolute atomic E-state index is 0.242. The predicted molar refractivity (Wildman–Crippen MR) is 48.5 cm³/mol. The minimum Gasteiger partial charge on any atom is -0.375 e. The third kappa shape index (κ3) is 2.97. The summed E-state index contributed by atoms with van der Waals surface area (Å²) in [5.41, 5.74) is 0.664. The fraction of sp³-hybridized carbons (Fsp3) is 0.625. The second-order valence-corrected chi connectivity index (χ2v) is 2.92. The van der Waals surface area contributed by atoms with Gasteiger partial charge >= 0.3 is 0 Å². The van der Waals surface area contributed by atoms with E-state index in [9.17, 15) is 4.39 Å². The van der Waals surface area contributed by atoms with Crippen LogP contribution in [0.2, 0.25) is 5.02 Å². The molecule has 13 heavy (non-hydrogen) atoms. The molecule has 0 aliphatic heterocycles. The van der Waals surface area contributed by atoms with Crippen LogP contribution in [-0.4, -0.2) is 23.1 Å². The summed E-state index contributed by atoms with van der Waals surface area (Å²) in [6, 6.07) is 0. The number of hydrogen-bond donors (Lipinski definition) is 0. The Hall–Kier alpha value is -0.610. The van der Waals surface area contributed by atoms with Gasteiger partial charge in [-0.05, 0) is 6.92 Å². The topological polar surface area (TPSA) is 27.1 Å². The van der Waals surface area contributed by atoms with Crippen molar-refractivity contribution in [3.63, 3.8) is 0 Å². The normalized spacial score (nSPS) is 10.7. The van der Waals surface area contributed by atoms with Crippen LogP contribution >= 0.6 is 11.6 Å². The molecule has 0 aliphatic carbocycles. The van der Waals surface area contributed by atoms with Gasteiger partial charge in [0.25, 0.3) is 0 Å². The summed E-state index contributed by atoms with van der Waals surface area (Å²) in [5, 5.41) is 4.59. The molecule has 0 amide bonds. The highest BCUT2D eigenvalue weighted by Crippen LogP contribution is 2.14. The number of alkyl halides is 1. The third-order valence-electron chi connectivity index (χ3n) is 1.54. The molecule has 0 spiro atoms. The maximum Gasteiger partial charge on any atom is 0.109 e. The van der Waals surface area contributed by atoms with E-state index < -0.39 is 6.67 Å². The molecule has 1 aromatic rings. The molecule has 1 rings (SSSR count). The van der Waals surface area contributed by atoms with Crippen LogP contribution in [0.5, 0.6) is 0 Å². The van der Waals surface area contributed by atoms with Gasteiger partial charge in [0.05, 0.1) is 18.2 Å². The van der Waals surface area contributed by atoms with E-state index in [0.717, 1.165) is 0 Å². The Kier molecular flexibility index (Phi) is 4.18. The van der Waals surface area contributed by atoms with Gasteiger partial charge in [-0.2, -0.15) is 5.10 Å². The van der Waals surface area contributed by atoms with Crippen LogP contribution in [0.4, 0.5) is 4.39 Å². The second kappa shape index (κ2) is 5.19. The van der Waals surface area contributed by atoms with Crippen molar-refractivity contribution in [1.82, 2.24) is 9.78 Å². The molecule has 74 valence electrons. The highest BCUT2D eigenvalue weighted by Gasteiger charge is 2.05. The lowest BCUT2D eigenvalue weighted by Gasteiger charge is -1.97. The first kappa shape index (κ1) is 10.5. The zero-order valence-corrected chi connectivity index (χ0v) is 8.22. The number of hydrogen-bond acceptors (Lipinski definition) is 2. The van der Waals surface area contributed by atoms with Crippen molar-refractivity contribution < 1.29 is 9.13 Å². The maximum absolute atomic E-state index is 11.9. The fourth-order valence-electron chi connectivity index (χ4n) is 0.935. The van der Waals surface area contributed by atoms with Gasteiger partial charge in [-0.1, -0.05) is 11.6 Å². The molecule has 1 aromatic heterocycles. The van der Waals surface area contributed by atoms with Crippen molar-refractivity contribution in [3.8, 4) is 0 Å². The molecule has 0 radical (unpaired) electrons. The highest BCUT2D eigenvalue weighted by molar-refractivity contribution is 6.31. The summed E-state index contributed by atoms with van der Waals surface area (Å²) in [7, 11) is 0. The summed E-state index contributed by atoms with van der Waals surface area (Å²) in [4.78, 5) is 0. The SMILES string of the molecule is CCOCc1nn(CCF)cc1Cl. The second-order valence-electron chi connectivity index (χ2n) is 2.51. The Balaban J connectivity index is 2.60. The molecule has 0 saturated heterocycles. The number of nitrogens with zero attached hydrogens (tertiary/aromatic N) is 2. The number of aromatic nitrogens is 2. The van der Waals surface area contributed by atoms with Gasteiger partial charge in [-0.25, -0.2) is 4.39 Å². The summed E-state index contributed by atoms with van der Waals surface area (Å²) in [6.07, 6.45) is 1.61. The van der Waals surface area contributed by atoms with Gasteiger partial charge in [-0.15, -0.1) is 0 Å². The number of aryl methyl sites for hydroxylation is 1. The first-order chi connectivity index (χ1) is 6.27. The zero-order valence-electron chi connectivity index (χ0n) is 7.46. The number of rotatable bonds is 5. The van der Waals surface area contributed by atoms with Crippen molar-refractivity contribution in [3.05, 3.63) is 16.9 Å². The Bertz CT molecular complexity index is 265. The highest BCUT2D eigenvalue weighted by atomic mass is 35.5. The van der Waals surface area contributed by atoms with Crippen molar-refractivity contribution in [2.45, 2.75) is 20.1 Å². The molecule has 0 aliphatic rings. The zero-order chi connectivity index (χ0) is 9.68. The van der Waals surface area contributed by atoms with Crippen molar-refractivity contribution >= 4 is 11.6 Å². The van der Waals surface area contributed by atoms with Gasteiger partial charge < -0.3 is 4.74 Å². The smallest absolute Gasteiger partial charge is 0.109 e. The maximum atomic E-state index is 11.9. The van der Waals surface area contributed by atoms with Gasteiger partial charge in [0, 0.05) is 12.8 Å². The van der Waals surface area contributed by atoms with Gasteiger partial charge in [0.1, 0.15) is 12.4 Å². The molecule has 3 nitrogen and oxygen atoms in total. The van der Waals surface area contributed by atoms with Crippen LogP contribution in [0.25, 0.3) is 0 Å². The molecule has 0 bridgehead atoms. The van der Waals surface area contributed by atoms with Crippen molar-refractivity contribution in [1.29, 1.82) is 0 Å². The molecule has 0 aromatic carbocycles. The average Bonchev–Trinajstić information content (AvgIpc) is 2.44. The van der Waals surface area contributed by atoms with E-state index in [-0.39, 0.29) is 6.54 Å². The monoisotopic (exact) mass is 206 g/mol. The van der Waals surface area contributed by atoms with Crippen LogP contribution < -0.4 is 0 Å². The Morgan fingerprint density at radius 1 is 1.69 bits per heavy atom. The van der Waals surface area contributed by atoms with Gasteiger partial charge in [0.15, 0.2) is 0 Å². The summed E-state index contributed by atoms with van der Waals surface area (Å²) in [6.45, 7) is 2.70. The third-order valence-corrected chi connectivity index (χ3v) is 1.86. The van der Waals surface area contributed by atoms with E-state index >= 15 is 0 Å². The van der Waals surface area contributed by atoms with Crippen LogP contribution in [0.1, 0.15) is 12.6 Å². The van der Waals surface area contributed by atoms with E-state index in [1.54, 1.807) is 6.20 Å². The molecule has 0 saturated carbocycles. The standard InChI is InChI=1S/C8H12ClFN2O/c1-2-13-6-8-7(9)5-12(11-8)4-3-10/h5H,2-4,6H2,1H3. The van der Waals surface area contributed by atoms with E-state index in [2.05, 4.69) is 5.10 Å². The van der Waals surface area contributed by atoms with E-state index in [0.29, 0.717) is 23.9 Å². The lowest BCUT2D eigenvalue weighted by Crippen LogP contribution is -2.01. The summed E-state index contributed by atoms with van der Waals surface area (Å²) < 4.78 is 18.6. The average molecular weight is 207 g/mol.